The van der Waals surface area contributed by atoms with Crippen LogP contribution in [0.3, 0.4) is 0 Å². The van der Waals surface area contributed by atoms with Gasteiger partial charge in [-0.25, -0.2) is 0 Å². The summed E-state index contributed by atoms with van der Waals surface area (Å²) >= 11 is 5.82. The lowest BCUT2D eigenvalue weighted by molar-refractivity contribution is 0.407. The molecule has 2 aromatic rings. The zero-order chi connectivity index (χ0) is 13.1. The van der Waals surface area contributed by atoms with Crippen molar-refractivity contribution in [2.45, 2.75) is 13.0 Å². The monoisotopic (exact) mass is 262 g/mol. The second-order valence-corrected chi connectivity index (χ2v) is 4.56. The molecule has 0 spiro atoms. The fourth-order valence-electron chi connectivity index (χ4n) is 1.83. The summed E-state index contributed by atoms with van der Waals surface area (Å²) in [6.07, 6.45) is 1.60. The Bertz CT molecular complexity index is 540. The van der Waals surface area contributed by atoms with Crippen LogP contribution in [0.1, 0.15) is 22.9 Å². The van der Waals surface area contributed by atoms with Crippen molar-refractivity contribution in [1.82, 2.24) is 4.98 Å². The second-order valence-electron chi connectivity index (χ2n) is 4.12. The predicted octanol–water partition coefficient (Wildman–Crippen LogP) is 3.10. The molecule has 0 bridgehead atoms. The fraction of sp³-hybridized carbons (Fsp3) is 0.214. The maximum absolute atomic E-state index is 6.23. The van der Waals surface area contributed by atoms with Crippen molar-refractivity contribution in [1.29, 1.82) is 0 Å². The topological polar surface area (TPSA) is 48.1 Å². The smallest absolute Gasteiger partial charge is 0.124 e. The van der Waals surface area contributed by atoms with Gasteiger partial charge in [0.15, 0.2) is 0 Å². The molecule has 94 valence electrons. The maximum atomic E-state index is 6.23. The van der Waals surface area contributed by atoms with Gasteiger partial charge in [-0.1, -0.05) is 29.3 Å². The molecule has 3 nitrogen and oxygen atoms in total. The van der Waals surface area contributed by atoms with Gasteiger partial charge in [0.25, 0.3) is 0 Å². The molecule has 0 aliphatic heterocycles. The van der Waals surface area contributed by atoms with Gasteiger partial charge in [0.1, 0.15) is 5.75 Å². The van der Waals surface area contributed by atoms with Crippen LogP contribution in [0.5, 0.6) is 5.75 Å². The molecule has 0 fully saturated rings. The lowest BCUT2D eigenvalue weighted by Crippen LogP contribution is -2.14. The summed E-state index contributed by atoms with van der Waals surface area (Å²) in [5.41, 5.74) is 9.05. The van der Waals surface area contributed by atoms with Crippen LogP contribution in [0.4, 0.5) is 0 Å². The van der Waals surface area contributed by atoms with Crippen molar-refractivity contribution >= 4 is 11.6 Å². The van der Waals surface area contributed by atoms with Gasteiger partial charge in [-0.15, -0.1) is 0 Å². The lowest BCUT2D eigenvalue weighted by atomic mass is 10.0. The molecule has 1 aromatic carbocycles. The molecule has 2 N–H and O–H groups in total. The average molecular weight is 263 g/mol. The molecular weight excluding hydrogens is 248 g/mol. The molecule has 2 rings (SSSR count). The Morgan fingerprint density at radius 2 is 2.06 bits per heavy atom. The van der Waals surface area contributed by atoms with E-state index in [0.717, 1.165) is 22.6 Å². The number of hydrogen-bond acceptors (Lipinski definition) is 3. The van der Waals surface area contributed by atoms with Crippen molar-refractivity contribution in [3.8, 4) is 5.75 Å². The van der Waals surface area contributed by atoms with Crippen LogP contribution in [-0.2, 0) is 0 Å². The Kier molecular flexibility index (Phi) is 3.84. The third kappa shape index (κ3) is 2.63. The van der Waals surface area contributed by atoms with Crippen LogP contribution >= 0.6 is 11.6 Å². The molecule has 18 heavy (non-hydrogen) atoms. The zero-order valence-electron chi connectivity index (χ0n) is 10.4. The first-order valence-corrected chi connectivity index (χ1v) is 6.01. The minimum Gasteiger partial charge on any atom is -0.496 e. The lowest BCUT2D eigenvalue weighted by Gasteiger charge is -2.16. The van der Waals surface area contributed by atoms with E-state index in [9.17, 15) is 0 Å². The molecule has 1 unspecified atom stereocenters. The van der Waals surface area contributed by atoms with Crippen molar-refractivity contribution < 1.29 is 4.74 Å². The number of nitrogens with zero attached hydrogens (tertiary/aromatic N) is 1. The molecule has 0 radical (unpaired) electrons. The van der Waals surface area contributed by atoms with Gasteiger partial charge in [-0.3, -0.25) is 4.98 Å². The Morgan fingerprint density at radius 3 is 2.67 bits per heavy atom. The minimum atomic E-state index is -0.322. The zero-order valence-corrected chi connectivity index (χ0v) is 11.1. The second kappa shape index (κ2) is 5.38. The van der Waals surface area contributed by atoms with E-state index in [2.05, 4.69) is 4.98 Å². The highest BCUT2D eigenvalue weighted by Gasteiger charge is 2.15. The van der Waals surface area contributed by atoms with E-state index >= 15 is 0 Å². The summed E-state index contributed by atoms with van der Waals surface area (Å²) < 4.78 is 5.33. The Hall–Kier alpha value is -1.58. The first kappa shape index (κ1) is 12.9. The molecule has 0 aliphatic carbocycles. The molecule has 0 aliphatic rings. The predicted molar refractivity (Wildman–Crippen MR) is 73.0 cm³/mol. The van der Waals surface area contributed by atoms with E-state index < -0.39 is 0 Å². The van der Waals surface area contributed by atoms with E-state index in [1.54, 1.807) is 19.4 Å². The molecular formula is C14H15ClN2O. The number of methoxy groups -OCH3 is 1. The third-order valence-corrected chi connectivity index (χ3v) is 3.01. The van der Waals surface area contributed by atoms with E-state index in [1.807, 2.05) is 31.2 Å². The van der Waals surface area contributed by atoms with E-state index in [1.165, 1.54) is 0 Å². The van der Waals surface area contributed by atoms with Crippen LogP contribution in [0.15, 0.2) is 36.5 Å². The molecule has 0 saturated heterocycles. The number of halogens is 1. The van der Waals surface area contributed by atoms with Gasteiger partial charge in [0.05, 0.1) is 23.9 Å². The van der Waals surface area contributed by atoms with E-state index in [0.29, 0.717) is 5.02 Å². The average Bonchev–Trinajstić information content (AvgIpc) is 2.39. The van der Waals surface area contributed by atoms with Crippen molar-refractivity contribution in [2.24, 2.45) is 5.73 Å². The standard InChI is InChI=1S/C14H15ClN2O/c1-9-3-6-13(18-2)11(7-9)14(16)12-5-4-10(15)8-17-12/h3-8,14H,16H2,1-2H3. The number of pyridine rings is 1. The number of ether oxygens (including phenoxy) is 1. The number of rotatable bonds is 3. The van der Waals surface area contributed by atoms with Gasteiger partial charge < -0.3 is 10.5 Å². The molecule has 0 amide bonds. The van der Waals surface area contributed by atoms with Gasteiger partial charge in [0, 0.05) is 11.8 Å². The molecule has 1 atom stereocenters. The van der Waals surface area contributed by atoms with Gasteiger partial charge >= 0.3 is 0 Å². The summed E-state index contributed by atoms with van der Waals surface area (Å²) in [5.74, 6) is 0.768. The van der Waals surface area contributed by atoms with Gasteiger partial charge in [0.2, 0.25) is 0 Å². The van der Waals surface area contributed by atoms with Crippen molar-refractivity contribution in [3.63, 3.8) is 0 Å². The van der Waals surface area contributed by atoms with Crippen LogP contribution < -0.4 is 10.5 Å². The SMILES string of the molecule is COc1ccc(C)cc1C(N)c1ccc(Cl)cn1. The van der Waals surface area contributed by atoms with Crippen LogP contribution in [-0.4, -0.2) is 12.1 Å². The normalized spacial score (nSPS) is 12.2. The van der Waals surface area contributed by atoms with Gasteiger partial charge in [-0.2, -0.15) is 0 Å². The minimum absolute atomic E-state index is 0.322. The number of nitrogens with two attached hydrogens (primary N) is 1. The molecule has 4 heteroatoms. The van der Waals surface area contributed by atoms with Crippen LogP contribution in [0.25, 0.3) is 0 Å². The van der Waals surface area contributed by atoms with Gasteiger partial charge in [-0.05, 0) is 25.1 Å². The molecule has 1 aromatic heterocycles. The summed E-state index contributed by atoms with van der Waals surface area (Å²) in [6.45, 7) is 2.02. The Labute approximate surface area is 112 Å². The van der Waals surface area contributed by atoms with E-state index in [4.69, 9.17) is 22.1 Å². The highest BCUT2D eigenvalue weighted by molar-refractivity contribution is 6.30. The number of benzene rings is 1. The van der Waals surface area contributed by atoms with Crippen molar-refractivity contribution in [3.05, 3.63) is 58.4 Å². The van der Waals surface area contributed by atoms with E-state index in [-0.39, 0.29) is 6.04 Å². The first-order valence-electron chi connectivity index (χ1n) is 5.63. The highest BCUT2D eigenvalue weighted by Crippen LogP contribution is 2.28. The van der Waals surface area contributed by atoms with Crippen LogP contribution in [0.2, 0.25) is 5.02 Å². The van der Waals surface area contributed by atoms with Crippen LogP contribution in [0, 0.1) is 6.92 Å². The van der Waals surface area contributed by atoms with Crippen molar-refractivity contribution in [2.75, 3.05) is 7.11 Å². The summed E-state index contributed by atoms with van der Waals surface area (Å²) in [4.78, 5) is 4.25. The third-order valence-electron chi connectivity index (χ3n) is 2.79. The summed E-state index contributed by atoms with van der Waals surface area (Å²) in [5, 5.41) is 0.599. The fourth-order valence-corrected chi connectivity index (χ4v) is 1.94. The molecule has 0 saturated carbocycles. The highest BCUT2D eigenvalue weighted by atomic mass is 35.5. The first-order chi connectivity index (χ1) is 8.61. The Morgan fingerprint density at radius 1 is 1.28 bits per heavy atom. The number of aromatic nitrogens is 1. The number of aryl methyl sites for hydroxylation is 1. The quantitative estimate of drug-likeness (QED) is 0.925. The largest absolute Gasteiger partial charge is 0.496 e. The number of hydrogen-bond donors (Lipinski definition) is 1. The summed E-state index contributed by atoms with van der Waals surface area (Å²) in [7, 11) is 1.64. The molecule has 1 heterocycles. The summed E-state index contributed by atoms with van der Waals surface area (Å²) in [6, 6.07) is 9.21. The Balaban J connectivity index is 2.41. The maximum Gasteiger partial charge on any atom is 0.124 e.